The molecule has 1 aliphatic carbocycles. The predicted octanol–water partition coefficient (Wildman–Crippen LogP) is 5.59. The Hall–Kier alpha value is -1.83. The van der Waals surface area contributed by atoms with Gasteiger partial charge in [0.1, 0.15) is 0 Å². The fourth-order valence-electron chi connectivity index (χ4n) is 4.50. The van der Waals surface area contributed by atoms with E-state index in [0.29, 0.717) is 40.0 Å². The molecule has 7 nitrogen and oxygen atoms in total. The maximum absolute atomic E-state index is 6.20. The van der Waals surface area contributed by atoms with E-state index in [2.05, 4.69) is 39.5 Å². The first-order valence-corrected chi connectivity index (χ1v) is 12.4. The van der Waals surface area contributed by atoms with Crippen LogP contribution < -0.4 is 15.5 Å². The van der Waals surface area contributed by atoms with E-state index < -0.39 is 0 Å². The molecule has 0 bridgehead atoms. The molecule has 2 fully saturated rings. The molecular weight excluding hydrogens is 445 g/mol. The van der Waals surface area contributed by atoms with Crippen molar-refractivity contribution in [2.45, 2.75) is 63.5 Å². The zero-order valence-electron chi connectivity index (χ0n) is 18.9. The van der Waals surface area contributed by atoms with Crippen molar-refractivity contribution in [3.63, 3.8) is 0 Å². The summed E-state index contributed by atoms with van der Waals surface area (Å²) in [6, 6.07) is 6.24. The number of hydrogen-bond acceptors (Lipinski definition) is 7. The Labute approximate surface area is 200 Å². The fourth-order valence-corrected chi connectivity index (χ4v) is 4.80. The number of benzene rings is 1. The van der Waals surface area contributed by atoms with E-state index in [9.17, 15) is 0 Å². The van der Waals surface area contributed by atoms with Crippen molar-refractivity contribution < 1.29 is 0 Å². The van der Waals surface area contributed by atoms with E-state index in [4.69, 9.17) is 33.2 Å². The van der Waals surface area contributed by atoms with Crippen LogP contribution in [-0.4, -0.2) is 59.1 Å². The largest absolute Gasteiger partial charge is 0.351 e. The molecule has 2 heterocycles. The van der Waals surface area contributed by atoms with Crippen LogP contribution in [0.1, 0.15) is 51.4 Å². The van der Waals surface area contributed by atoms with Crippen LogP contribution >= 0.6 is 23.2 Å². The van der Waals surface area contributed by atoms with E-state index in [-0.39, 0.29) is 0 Å². The van der Waals surface area contributed by atoms with Gasteiger partial charge in [0.25, 0.3) is 0 Å². The molecule has 0 unspecified atom stereocenters. The van der Waals surface area contributed by atoms with Crippen LogP contribution in [0.15, 0.2) is 18.2 Å². The second kappa shape index (κ2) is 10.9. The third-order valence-electron chi connectivity index (χ3n) is 6.54. The maximum atomic E-state index is 6.20. The molecule has 1 aliphatic heterocycles. The molecule has 2 aromatic rings. The lowest BCUT2D eigenvalue weighted by atomic mass is 10.0. The summed E-state index contributed by atoms with van der Waals surface area (Å²) in [6.07, 6.45) is 9.62. The molecule has 1 aromatic carbocycles. The average molecular weight is 478 g/mol. The maximum Gasteiger partial charge on any atom is 0.233 e. The molecule has 0 atom stereocenters. The molecule has 1 saturated heterocycles. The number of aromatic nitrogens is 3. The summed E-state index contributed by atoms with van der Waals surface area (Å²) in [6.45, 7) is 2.17. The van der Waals surface area contributed by atoms with Crippen LogP contribution in [0.3, 0.4) is 0 Å². The molecule has 4 rings (SSSR count). The number of likely N-dealkylation sites (tertiary alicyclic amines) is 1. The van der Waals surface area contributed by atoms with Crippen molar-refractivity contribution in [2.75, 3.05) is 42.7 Å². The molecule has 2 N–H and O–H groups in total. The van der Waals surface area contributed by atoms with Gasteiger partial charge in [-0.3, -0.25) is 0 Å². The summed E-state index contributed by atoms with van der Waals surface area (Å²) < 4.78 is 0. The normalized spacial score (nSPS) is 18.9. The van der Waals surface area contributed by atoms with Crippen LogP contribution in [0.25, 0.3) is 0 Å². The molecule has 174 valence electrons. The highest BCUT2D eigenvalue weighted by molar-refractivity contribution is 6.42. The van der Waals surface area contributed by atoms with Crippen LogP contribution in [0.2, 0.25) is 10.0 Å². The molecule has 32 heavy (non-hydrogen) atoms. The van der Waals surface area contributed by atoms with Crippen molar-refractivity contribution in [3.8, 4) is 0 Å². The van der Waals surface area contributed by atoms with Crippen molar-refractivity contribution in [3.05, 3.63) is 28.2 Å². The van der Waals surface area contributed by atoms with Gasteiger partial charge >= 0.3 is 0 Å². The van der Waals surface area contributed by atoms with Gasteiger partial charge in [-0.25, -0.2) is 0 Å². The topological polar surface area (TPSA) is 69.2 Å². The SMILES string of the molecule is CN1CCC(N(C)c2nc(Nc3ccc(Cl)c(Cl)c3)nc(NC3CCCCCC3)n2)CC1. The number of anilines is 4. The van der Waals surface area contributed by atoms with E-state index in [0.717, 1.165) is 44.5 Å². The number of nitrogens with one attached hydrogen (secondary N) is 2. The third-order valence-corrected chi connectivity index (χ3v) is 7.28. The summed E-state index contributed by atoms with van der Waals surface area (Å²) in [5.41, 5.74) is 0.791. The van der Waals surface area contributed by atoms with Gasteiger partial charge in [0, 0.05) is 24.8 Å². The van der Waals surface area contributed by atoms with Gasteiger partial charge in [0.15, 0.2) is 0 Å². The lowest BCUT2D eigenvalue weighted by Gasteiger charge is -2.35. The second-order valence-electron chi connectivity index (χ2n) is 9.01. The van der Waals surface area contributed by atoms with Crippen LogP contribution in [0, 0.1) is 0 Å². The van der Waals surface area contributed by atoms with Gasteiger partial charge < -0.3 is 20.4 Å². The minimum Gasteiger partial charge on any atom is -0.351 e. The van der Waals surface area contributed by atoms with Crippen molar-refractivity contribution in [2.24, 2.45) is 0 Å². The first-order chi connectivity index (χ1) is 15.5. The quantitative estimate of drug-likeness (QED) is 0.525. The van der Waals surface area contributed by atoms with Gasteiger partial charge in [-0.15, -0.1) is 0 Å². The summed E-state index contributed by atoms with van der Waals surface area (Å²) in [4.78, 5) is 18.8. The molecule has 0 spiro atoms. The van der Waals surface area contributed by atoms with Gasteiger partial charge in [-0.05, 0) is 64.0 Å². The fraction of sp³-hybridized carbons (Fsp3) is 0.609. The van der Waals surface area contributed by atoms with Gasteiger partial charge in [-0.2, -0.15) is 15.0 Å². The van der Waals surface area contributed by atoms with Crippen molar-refractivity contribution in [1.82, 2.24) is 19.9 Å². The second-order valence-corrected chi connectivity index (χ2v) is 9.83. The van der Waals surface area contributed by atoms with E-state index >= 15 is 0 Å². The number of hydrogen-bond donors (Lipinski definition) is 2. The van der Waals surface area contributed by atoms with Gasteiger partial charge in [0.05, 0.1) is 10.0 Å². The van der Waals surface area contributed by atoms with E-state index in [1.165, 1.54) is 25.7 Å². The lowest BCUT2D eigenvalue weighted by molar-refractivity contribution is 0.252. The zero-order valence-corrected chi connectivity index (χ0v) is 20.5. The predicted molar refractivity (Wildman–Crippen MR) is 134 cm³/mol. The van der Waals surface area contributed by atoms with Crippen molar-refractivity contribution in [1.29, 1.82) is 0 Å². The summed E-state index contributed by atoms with van der Waals surface area (Å²) in [5.74, 6) is 1.82. The summed E-state index contributed by atoms with van der Waals surface area (Å²) in [5, 5.41) is 7.89. The third kappa shape index (κ3) is 6.15. The Bertz CT molecular complexity index is 894. The molecule has 2 aliphatic rings. The summed E-state index contributed by atoms with van der Waals surface area (Å²) >= 11 is 12.3. The molecule has 9 heteroatoms. The Morgan fingerprint density at radius 1 is 0.906 bits per heavy atom. The molecule has 1 saturated carbocycles. The highest BCUT2D eigenvalue weighted by Crippen LogP contribution is 2.28. The number of piperidine rings is 1. The van der Waals surface area contributed by atoms with Crippen LogP contribution in [0.5, 0.6) is 0 Å². The molecular formula is C23H33Cl2N7. The lowest BCUT2D eigenvalue weighted by Crippen LogP contribution is -2.42. The smallest absolute Gasteiger partial charge is 0.233 e. The van der Waals surface area contributed by atoms with Gasteiger partial charge in [0.2, 0.25) is 17.8 Å². The average Bonchev–Trinajstić information content (AvgIpc) is 3.05. The van der Waals surface area contributed by atoms with E-state index in [1.807, 2.05) is 6.07 Å². The Morgan fingerprint density at radius 3 is 2.28 bits per heavy atom. The Morgan fingerprint density at radius 2 is 1.59 bits per heavy atom. The molecule has 0 amide bonds. The monoisotopic (exact) mass is 477 g/mol. The minimum absolute atomic E-state index is 0.402. The molecule has 0 radical (unpaired) electrons. The highest BCUT2D eigenvalue weighted by atomic mass is 35.5. The minimum atomic E-state index is 0.402. The number of nitrogens with zero attached hydrogens (tertiary/aromatic N) is 5. The summed E-state index contributed by atoms with van der Waals surface area (Å²) in [7, 11) is 4.26. The highest BCUT2D eigenvalue weighted by Gasteiger charge is 2.24. The first-order valence-electron chi connectivity index (χ1n) is 11.6. The number of rotatable bonds is 6. The van der Waals surface area contributed by atoms with Crippen LogP contribution in [0.4, 0.5) is 23.5 Å². The van der Waals surface area contributed by atoms with Crippen LogP contribution in [-0.2, 0) is 0 Å². The standard InChI is InChI=1S/C23H33Cl2N7/c1-31-13-11-18(12-14-31)32(2)23-29-21(26-16-7-5-3-4-6-8-16)28-22(30-23)27-17-9-10-19(24)20(25)15-17/h9-10,15-16,18H,3-8,11-14H2,1-2H3,(H2,26,27,28,29,30). The Balaban J connectivity index is 1.58. The molecule has 1 aromatic heterocycles. The Kier molecular flexibility index (Phi) is 7.92. The van der Waals surface area contributed by atoms with Gasteiger partial charge in [-0.1, -0.05) is 48.9 Å². The van der Waals surface area contributed by atoms with E-state index in [1.54, 1.807) is 12.1 Å². The zero-order chi connectivity index (χ0) is 22.5. The number of halogens is 2. The first kappa shape index (κ1) is 23.3. The van der Waals surface area contributed by atoms with Crippen molar-refractivity contribution >= 4 is 46.7 Å².